The van der Waals surface area contributed by atoms with Crippen molar-refractivity contribution in [3.8, 4) is 11.5 Å². The lowest BCUT2D eigenvalue weighted by molar-refractivity contribution is 0.389. The van der Waals surface area contributed by atoms with Crippen molar-refractivity contribution in [2.75, 3.05) is 27.0 Å². The molecule has 26 heavy (non-hydrogen) atoms. The van der Waals surface area contributed by atoms with Crippen molar-refractivity contribution >= 4 is 32.9 Å². The molecule has 2 aromatic rings. The van der Waals surface area contributed by atoms with Crippen molar-refractivity contribution in [3.05, 3.63) is 51.5 Å². The van der Waals surface area contributed by atoms with Gasteiger partial charge in [-0.1, -0.05) is 23.2 Å². The van der Waals surface area contributed by atoms with Gasteiger partial charge in [0.15, 0.2) is 0 Å². The maximum atomic E-state index is 12.1. The Balaban J connectivity index is 2.09. The third-order valence-corrected chi connectivity index (χ3v) is 5.40. The summed E-state index contributed by atoms with van der Waals surface area (Å²) in [5.41, 5.74) is 1.91. The summed E-state index contributed by atoms with van der Waals surface area (Å²) in [6.07, 6.45) is 2.04. The lowest BCUT2D eigenvalue weighted by atomic mass is 10.1. The number of ether oxygens (including phenoxy) is 2. The van der Waals surface area contributed by atoms with Gasteiger partial charge >= 0.3 is 0 Å². The van der Waals surface area contributed by atoms with Gasteiger partial charge in [0.25, 0.3) is 0 Å². The molecule has 2 aromatic carbocycles. The number of hydrogen-bond acceptors (Lipinski definition) is 5. The van der Waals surface area contributed by atoms with Crippen LogP contribution in [0.25, 0.3) is 0 Å². The number of nitrogens with one attached hydrogen (secondary N) is 2. The molecule has 2 N–H and O–H groups in total. The van der Waals surface area contributed by atoms with E-state index in [1.54, 1.807) is 25.3 Å². The normalized spacial score (nSPS) is 13.3. The SMILES string of the molecule is COc1cc(S(C)(=N)=O)c(OC)cc1CCNCc1cc(Cl)cc(Cl)c1. The second-order valence-corrected chi connectivity index (χ2v) is 8.86. The van der Waals surface area contributed by atoms with E-state index < -0.39 is 9.73 Å². The van der Waals surface area contributed by atoms with Gasteiger partial charge in [-0.05, 0) is 48.4 Å². The molecule has 0 aliphatic rings. The Hall–Kier alpha value is -1.47. The molecule has 142 valence electrons. The summed E-state index contributed by atoms with van der Waals surface area (Å²) in [5, 5.41) is 4.54. The third-order valence-electron chi connectivity index (χ3n) is 3.81. The van der Waals surface area contributed by atoms with Crippen LogP contribution in [0.1, 0.15) is 11.1 Å². The minimum atomic E-state index is -2.91. The number of methoxy groups -OCH3 is 2. The molecule has 1 atom stereocenters. The molecule has 1 unspecified atom stereocenters. The van der Waals surface area contributed by atoms with Crippen molar-refractivity contribution in [1.29, 1.82) is 4.78 Å². The molecule has 2 rings (SSSR count). The molecule has 5 nitrogen and oxygen atoms in total. The van der Waals surface area contributed by atoms with Crippen molar-refractivity contribution in [3.63, 3.8) is 0 Å². The third kappa shape index (κ3) is 5.51. The molecule has 0 saturated carbocycles. The average Bonchev–Trinajstić information content (AvgIpc) is 2.56. The molecule has 0 aromatic heterocycles. The standard InChI is InChI=1S/C18H22Cl2N2O3S/c1-24-16-10-18(26(3,21)23)17(25-2)8-13(16)4-5-22-11-12-6-14(19)9-15(20)7-12/h6-10,21-22H,4-5,11H2,1-3H3. The van der Waals surface area contributed by atoms with E-state index in [1.165, 1.54) is 13.4 Å². The Labute approximate surface area is 164 Å². The van der Waals surface area contributed by atoms with Gasteiger partial charge in [-0.15, -0.1) is 0 Å². The number of benzene rings is 2. The first-order chi connectivity index (χ1) is 12.2. The highest BCUT2D eigenvalue weighted by molar-refractivity contribution is 7.91. The molecule has 0 aliphatic heterocycles. The van der Waals surface area contributed by atoms with Crippen LogP contribution in [0.15, 0.2) is 35.2 Å². The van der Waals surface area contributed by atoms with E-state index in [9.17, 15) is 4.21 Å². The highest BCUT2D eigenvalue weighted by Gasteiger charge is 2.16. The molecule has 0 amide bonds. The van der Waals surface area contributed by atoms with Crippen LogP contribution < -0.4 is 14.8 Å². The maximum absolute atomic E-state index is 12.1. The van der Waals surface area contributed by atoms with Gasteiger partial charge < -0.3 is 14.8 Å². The fraction of sp³-hybridized carbons (Fsp3) is 0.333. The van der Waals surface area contributed by atoms with Gasteiger partial charge in [-0.25, -0.2) is 8.99 Å². The van der Waals surface area contributed by atoms with Gasteiger partial charge in [0.2, 0.25) is 0 Å². The minimum absolute atomic E-state index is 0.335. The highest BCUT2D eigenvalue weighted by atomic mass is 35.5. The van der Waals surface area contributed by atoms with Gasteiger partial charge in [-0.3, -0.25) is 0 Å². The van der Waals surface area contributed by atoms with E-state index in [0.29, 0.717) is 46.0 Å². The molecule has 0 spiro atoms. The zero-order valence-electron chi connectivity index (χ0n) is 14.9. The molecular formula is C18H22Cl2N2O3S. The number of halogens is 2. The Kier molecular flexibility index (Phi) is 7.17. The molecule has 0 bridgehead atoms. The Morgan fingerprint density at radius 1 is 1.04 bits per heavy atom. The van der Waals surface area contributed by atoms with Crippen LogP contribution in [0.3, 0.4) is 0 Å². The van der Waals surface area contributed by atoms with E-state index in [2.05, 4.69) is 5.32 Å². The predicted octanol–water partition coefficient (Wildman–Crippen LogP) is 4.38. The van der Waals surface area contributed by atoms with Crippen LogP contribution in [0.5, 0.6) is 11.5 Å². The summed E-state index contributed by atoms with van der Waals surface area (Å²) in [6.45, 7) is 1.32. The van der Waals surface area contributed by atoms with E-state index in [1.807, 2.05) is 12.1 Å². The molecule has 0 saturated heterocycles. The molecule has 0 aliphatic carbocycles. The zero-order valence-corrected chi connectivity index (χ0v) is 17.2. The van der Waals surface area contributed by atoms with E-state index in [-0.39, 0.29) is 0 Å². The van der Waals surface area contributed by atoms with Crippen molar-refractivity contribution in [1.82, 2.24) is 5.32 Å². The molecular weight excluding hydrogens is 395 g/mol. The second-order valence-electron chi connectivity index (χ2n) is 5.86. The fourth-order valence-electron chi connectivity index (χ4n) is 2.60. The van der Waals surface area contributed by atoms with Gasteiger partial charge in [0, 0.05) is 28.9 Å². The van der Waals surface area contributed by atoms with Gasteiger partial charge in [0.1, 0.15) is 11.5 Å². The van der Waals surface area contributed by atoms with Crippen LogP contribution in [0, 0.1) is 4.78 Å². The van der Waals surface area contributed by atoms with Crippen LogP contribution in [0.2, 0.25) is 10.0 Å². The lowest BCUT2D eigenvalue weighted by Crippen LogP contribution is -2.17. The second kappa shape index (κ2) is 8.95. The first-order valence-corrected chi connectivity index (χ1v) is 10.6. The minimum Gasteiger partial charge on any atom is -0.496 e. The average molecular weight is 417 g/mol. The fourth-order valence-corrected chi connectivity index (χ4v) is 4.03. The number of rotatable bonds is 8. The first-order valence-electron chi connectivity index (χ1n) is 7.89. The van der Waals surface area contributed by atoms with Gasteiger partial charge in [0.05, 0.1) is 28.8 Å². The van der Waals surface area contributed by atoms with Crippen LogP contribution in [-0.4, -0.2) is 31.2 Å². The predicted molar refractivity (Wildman–Crippen MR) is 106 cm³/mol. The molecule has 8 heteroatoms. The quantitative estimate of drug-likeness (QED) is 0.626. The van der Waals surface area contributed by atoms with E-state index in [4.69, 9.17) is 37.5 Å². The first kappa shape index (κ1) is 20.8. The maximum Gasteiger partial charge on any atom is 0.136 e. The summed E-state index contributed by atoms with van der Waals surface area (Å²) in [5.74, 6) is 1.03. The monoisotopic (exact) mass is 416 g/mol. The van der Waals surface area contributed by atoms with Crippen LogP contribution in [0.4, 0.5) is 0 Å². The van der Waals surface area contributed by atoms with E-state index in [0.717, 1.165) is 11.1 Å². The Morgan fingerprint density at radius 3 is 2.19 bits per heavy atom. The smallest absolute Gasteiger partial charge is 0.136 e. The molecule has 0 fully saturated rings. The summed E-state index contributed by atoms with van der Waals surface area (Å²) in [7, 11) is 0.145. The highest BCUT2D eigenvalue weighted by Crippen LogP contribution is 2.32. The Morgan fingerprint density at radius 2 is 1.65 bits per heavy atom. The van der Waals surface area contributed by atoms with Gasteiger partial charge in [-0.2, -0.15) is 0 Å². The summed E-state index contributed by atoms with van der Waals surface area (Å²) < 4.78 is 30.6. The lowest BCUT2D eigenvalue weighted by Gasteiger charge is -2.15. The summed E-state index contributed by atoms with van der Waals surface area (Å²) in [4.78, 5) is 0.335. The van der Waals surface area contributed by atoms with Crippen molar-refractivity contribution in [2.45, 2.75) is 17.9 Å². The van der Waals surface area contributed by atoms with Crippen LogP contribution >= 0.6 is 23.2 Å². The Bertz CT molecular complexity index is 866. The van der Waals surface area contributed by atoms with Crippen molar-refractivity contribution in [2.24, 2.45) is 0 Å². The van der Waals surface area contributed by atoms with Crippen LogP contribution in [-0.2, 0) is 22.7 Å². The molecule has 0 heterocycles. The summed E-state index contributed by atoms with van der Waals surface area (Å²) in [6, 6.07) is 8.84. The number of hydrogen-bond donors (Lipinski definition) is 2. The van der Waals surface area contributed by atoms with E-state index >= 15 is 0 Å². The topological polar surface area (TPSA) is 71.4 Å². The largest absolute Gasteiger partial charge is 0.496 e. The summed E-state index contributed by atoms with van der Waals surface area (Å²) >= 11 is 12.0. The molecule has 0 radical (unpaired) electrons. The zero-order chi connectivity index (χ0) is 19.3. The van der Waals surface area contributed by atoms with Crippen molar-refractivity contribution < 1.29 is 13.7 Å².